The van der Waals surface area contributed by atoms with Gasteiger partial charge in [0.25, 0.3) is 0 Å². The van der Waals surface area contributed by atoms with Crippen molar-refractivity contribution in [2.45, 2.75) is 18.8 Å². The highest BCUT2D eigenvalue weighted by Crippen LogP contribution is 2.38. The van der Waals surface area contributed by atoms with Crippen LogP contribution in [0.15, 0.2) is 12.5 Å². The molecule has 1 N–H and O–H groups in total. The van der Waals surface area contributed by atoms with E-state index in [1.807, 2.05) is 11.6 Å². The molecule has 1 aliphatic rings. The first-order valence-electron chi connectivity index (χ1n) is 4.73. The van der Waals surface area contributed by atoms with Crippen molar-refractivity contribution in [1.29, 1.82) is 0 Å². The Hall–Kier alpha value is -1.65. The van der Waals surface area contributed by atoms with Gasteiger partial charge in [-0.15, -0.1) is 0 Å². The summed E-state index contributed by atoms with van der Waals surface area (Å²) >= 11 is 0. The van der Waals surface area contributed by atoms with Crippen LogP contribution in [0.2, 0.25) is 0 Å². The van der Waals surface area contributed by atoms with Crippen LogP contribution in [0, 0.1) is 0 Å². The minimum atomic E-state index is 0.615. The molecule has 0 spiro atoms. The minimum absolute atomic E-state index is 0.615. The molecule has 2 heterocycles. The Morgan fingerprint density at radius 2 is 2.36 bits per heavy atom. The Morgan fingerprint density at radius 1 is 1.50 bits per heavy atom. The average Bonchev–Trinajstić information content (AvgIpc) is 2.75. The molecule has 14 heavy (non-hydrogen) atoms. The molecule has 72 valence electrons. The van der Waals surface area contributed by atoms with Crippen molar-refractivity contribution in [2.75, 3.05) is 0 Å². The molecule has 0 atom stereocenters. The van der Waals surface area contributed by atoms with Gasteiger partial charge in [0.2, 0.25) is 0 Å². The minimum Gasteiger partial charge on any atom is -0.331 e. The first kappa shape index (κ1) is 7.73. The summed E-state index contributed by atoms with van der Waals surface area (Å²) in [4.78, 5) is 8.48. The number of nitrogens with one attached hydrogen (secondary N) is 1. The van der Waals surface area contributed by atoms with Crippen molar-refractivity contribution in [2.24, 2.45) is 7.05 Å². The topological polar surface area (TPSA) is 59.4 Å². The molecule has 1 fully saturated rings. The number of rotatable bonds is 2. The Bertz CT molecular complexity index is 451. The highest BCUT2D eigenvalue weighted by Gasteiger charge is 2.27. The second-order valence-corrected chi connectivity index (χ2v) is 3.71. The molecule has 2 aromatic rings. The fourth-order valence-corrected chi connectivity index (χ4v) is 1.50. The van der Waals surface area contributed by atoms with Crippen molar-refractivity contribution in [3.63, 3.8) is 0 Å². The molecule has 0 aliphatic heterocycles. The first-order valence-corrected chi connectivity index (χ1v) is 4.73. The highest BCUT2D eigenvalue weighted by atomic mass is 15.2. The Morgan fingerprint density at radius 3 is 3.00 bits per heavy atom. The molecule has 5 heteroatoms. The maximum Gasteiger partial charge on any atom is 0.199 e. The summed E-state index contributed by atoms with van der Waals surface area (Å²) in [6.45, 7) is 0. The maximum atomic E-state index is 4.45. The predicted octanol–water partition coefficient (Wildman–Crippen LogP) is 1.08. The number of aryl methyl sites for hydroxylation is 1. The van der Waals surface area contributed by atoms with Gasteiger partial charge in [0.1, 0.15) is 11.5 Å². The van der Waals surface area contributed by atoms with E-state index in [1.165, 1.54) is 12.8 Å². The highest BCUT2D eigenvalue weighted by molar-refractivity contribution is 5.47. The van der Waals surface area contributed by atoms with Gasteiger partial charge in [0.15, 0.2) is 5.82 Å². The monoisotopic (exact) mass is 189 g/mol. The number of H-pyrrole nitrogens is 1. The van der Waals surface area contributed by atoms with Crippen LogP contribution in [0.1, 0.15) is 24.6 Å². The summed E-state index contributed by atoms with van der Waals surface area (Å²) in [5.74, 6) is 2.37. The normalized spacial score (nSPS) is 16.1. The van der Waals surface area contributed by atoms with Crippen molar-refractivity contribution in [3.8, 4) is 11.5 Å². The maximum absolute atomic E-state index is 4.45. The van der Waals surface area contributed by atoms with Crippen LogP contribution in [0.4, 0.5) is 0 Å². The zero-order chi connectivity index (χ0) is 9.54. The lowest BCUT2D eigenvalue weighted by molar-refractivity contribution is 0.909. The zero-order valence-corrected chi connectivity index (χ0v) is 7.94. The van der Waals surface area contributed by atoms with Crippen LogP contribution in [0.5, 0.6) is 0 Å². The second-order valence-electron chi connectivity index (χ2n) is 3.71. The van der Waals surface area contributed by atoms with Gasteiger partial charge in [-0.2, -0.15) is 5.10 Å². The van der Waals surface area contributed by atoms with Crippen LogP contribution < -0.4 is 0 Å². The molecular weight excluding hydrogens is 178 g/mol. The van der Waals surface area contributed by atoms with Crippen LogP contribution in [-0.4, -0.2) is 24.7 Å². The second kappa shape index (κ2) is 2.67. The number of aromatic amines is 1. The summed E-state index contributed by atoms with van der Waals surface area (Å²) < 4.78 is 1.92. The smallest absolute Gasteiger partial charge is 0.199 e. The van der Waals surface area contributed by atoms with E-state index >= 15 is 0 Å². The predicted molar refractivity (Wildman–Crippen MR) is 50.6 cm³/mol. The largest absolute Gasteiger partial charge is 0.331 e. The average molecular weight is 189 g/mol. The van der Waals surface area contributed by atoms with E-state index in [1.54, 1.807) is 12.5 Å². The van der Waals surface area contributed by atoms with E-state index < -0.39 is 0 Å². The number of aromatic nitrogens is 5. The molecule has 0 radical (unpaired) electrons. The third-order valence-electron chi connectivity index (χ3n) is 2.51. The third-order valence-corrected chi connectivity index (χ3v) is 2.51. The molecule has 3 rings (SSSR count). The van der Waals surface area contributed by atoms with Crippen LogP contribution in [-0.2, 0) is 7.05 Å². The van der Waals surface area contributed by atoms with E-state index in [2.05, 4.69) is 20.2 Å². The van der Waals surface area contributed by atoms with E-state index in [0.29, 0.717) is 5.92 Å². The summed E-state index contributed by atoms with van der Waals surface area (Å²) in [6, 6.07) is 0. The van der Waals surface area contributed by atoms with Gasteiger partial charge >= 0.3 is 0 Å². The molecule has 1 aliphatic carbocycles. The molecular formula is C9H11N5. The zero-order valence-electron chi connectivity index (χ0n) is 7.94. The fraction of sp³-hybridized carbons (Fsp3) is 0.444. The SMILES string of the molecule is Cn1cncc1-c1n[nH]c(C2CC2)n1. The molecule has 0 aromatic carbocycles. The molecule has 0 unspecified atom stereocenters. The molecule has 5 nitrogen and oxygen atoms in total. The lowest BCUT2D eigenvalue weighted by Gasteiger charge is -1.93. The summed E-state index contributed by atoms with van der Waals surface area (Å²) in [7, 11) is 1.94. The quantitative estimate of drug-likeness (QED) is 0.769. The molecule has 0 amide bonds. The van der Waals surface area contributed by atoms with Crippen LogP contribution in [0.3, 0.4) is 0 Å². The van der Waals surface area contributed by atoms with Crippen molar-refractivity contribution in [1.82, 2.24) is 24.7 Å². The first-order chi connectivity index (χ1) is 6.84. The summed E-state index contributed by atoms with van der Waals surface area (Å²) in [5.41, 5.74) is 0.952. The van der Waals surface area contributed by atoms with E-state index in [0.717, 1.165) is 17.3 Å². The summed E-state index contributed by atoms with van der Waals surface area (Å²) in [6.07, 6.45) is 6.00. The number of nitrogens with zero attached hydrogens (tertiary/aromatic N) is 4. The van der Waals surface area contributed by atoms with Gasteiger partial charge in [-0.05, 0) is 12.8 Å². The molecule has 0 bridgehead atoms. The van der Waals surface area contributed by atoms with Crippen LogP contribution in [0.25, 0.3) is 11.5 Å². The van der Waals surface area contributed by atoms with Gasteiger partial charge in [0, 0.05) is 13.0 Å². The molecule has 0 saturated heterocycles. The molecule has 1 saturated carbocycles. The standard InChI is InChI=1S/C9H11N5/c1-14-5-10-4-7(14)9-11-8(12-13-9)6-2-3-6/h4-6H,2-3H2,1H3,(H,11,12,13). The van der Waals surface area contributed by atoms with Crippen molar-refractivity contribution >= 4 is 0 Å². The Balaban J connectivity index is 1.99. The van der Waals surface area contributed by atoms with E-state index in [4.69, 9.17) is 0 Å². The van der Waals surface area contributed by atoms with Gasteiger partial charge in [0.05, 0.1) is 12.5 Å². The van der Waals surface area contributed by atoms with Gasteiger partial charge in [-0.3, -0.25) is 5.10 Å². The lowest BCUT2D eigenvalue weighted by atomic mass is 10.4. The van der Waals surface area contributed by atoms with Crippen molar-refractivity contribution < 1.29 is 0 Å². The van der Waals surface area contributed by atoms with Gasteiger partial charge in [-0.1, -0.05) is 0 Å². The third kappa shape index (κ3) is 1.13. The number of hydrogen-bond acceptors (Lipinski definition) is 3. The Labute approximate surface area is 81.2 Å². The Kier molecular flexibility index (Phi) is 1.47. The number of imidazole rings is 1. The van der Waals surface area contributed by atoms with Gasteiger partial charge < -0.3 is 4.57 Å². The number of hydrogen-bond donors (Lipinski definition) is 1. The molecule has 2 aromatic heterocycles. The summed E-state index contributed by atoms with van der Waals surface area (Å²) in [5, 5.41) is 7.16. The van der Waals surface area contributed by atoms with Gasteiger partial charge in [-0.25, -0.2) is 9.97 Å². The lowest BCUT2D eigenvalue weighted by Crippen LogP contribution is -1.90. The van der Waals surface area contributed by atoms with Crippen LogP contribution >= 0.6 is 0 Å². The van der Waals surface area contributed by atoms with Crippen molar-refractivity contribution in [3.05, 3.63) is 18.3 Å². The van der Waals surface area contributed by atoms with E-state index in [-0.39, 0.29) is 0 Å². The van der Waals surface area contributed by atoms with E-state index in [9.17, 15) is 0 Å². The fourth-order valence-electron chi connectivity index (χ4n) is 1.50.